The van der Waals surface area contributed by atoms with Crippen molar-refractivity contribution in [2.24, 2.45) is 0 Å². The van der Waals surface area contributed by atoms with Crippen LogP contribution in [0.2, 0.25) is 0 Å². The van der Waals surface area contributed by atoms with Crippen LogP contribution in [0.3, 0.4) is 0 Å². The van der Waals surface area contributed by atoms with Gasteiger partial charge in [-0.15, -0.1) is 0 Å². The molecule has 1 heterocycles. The van der Waals surface area contributed by atoms with Crippen molar-refractivity contribution in [2.45, 2.75) is 59.4 Å². The lowest BCUT2D eigenvalue weighted by Crippen LogP contribution is -2.40. The normalized spacial score (nSPS) is 11.2. The predicted molar refractivity (Wildman–Crippen MR) is 84.2 cm³/mol. The highest BCUT2D eigenvalue weighted by Gasteiger charge is 2.16. The summed E-state index contributed by atoms with van der Waals surface area (Å²) in [6.07, 6.45) is 2.94. The van der Waals surface area contributed by atoms with E-state index < -0.39 is 0 Å². The molecule has 20 heavy (non-hydrogen) atoms. The summed E-state index contributed by atoms with van der Waals surface area (Å²) in [7, 11) is 0. The minimum atomic E-state index is -0.234. The Morgan fingerprint density at radius 2 is 1.90 bits per heavy atom. The summed E-state index contributed by atoms with van der Waals surface area (Å²) in [5.74, 6) is 0.744. The smallest absolute Gasteiger partial charge is 0.251 e. The van der Waals surface area contributed by atoms with Crippen LogP contribution in [0.5, 0.6) is 0 Å². The van der Waals surface area contributed by atoms with Gasteiger partial charge in [-0.05, 0) is 45.7 Å². The topological polar surface area (TPSA) is 54.0 Å². The van der Waals surface area contributed by atoms with Gasteiger partial charge in [-0.2, -0.15) is 0 Å². The summed E-state index contributed by atoms with van der Waals surface area (Å²) in [4.78, 5) is 16.8. The van der Waals surface area contributed by atoms with Gasteiger partial charge >= 0.3 is 0 Å². The van der Waals surface area contributed by atoms with Crippen molar-refractivity contribution < 1.29 is 4.79 Å². The SMILES string of the molecule is CCCNc1cc(C(=O)NC(C)(C)C)cc(CCC)n1. The molecule has 0 fully saturated rings. The van der Waals surface area contributed by atoms with Gasteiger partial charge in [0.05, 0.1) is 0 Å². The first-order valence-corrected chi connectivity index (χ1v) is 7.43. The average molecular weight is 277 g/mol. The lowest BCUT2D eigenvalue weighted by Gasteiger charge is -2.21. The van der Waals surface area contributed by atoms with E-state index in [4.69, 9.17) is 0 Å². The standard InChI is InChI=1S/C16H27N3O/c1-6-8-13-10-12(15(20)19-16(3,4)5)11-14(18-13)17-9-7-2/h10-11H,6-9H2,1-5H3,(H,17,18)(H,19,20). The van der Waals surface area contributed by atoms with E-state index in [9.17, 15) is 4.79 Å². The first kappa shape index (κ1) is 16.5. The highest BCUT2D eigenvalue weighted by atomic mass is 16.1. The Balaban J connectivity index is 2.98. The molecule has 0 atom stereocenters. The Morgan fingerprint density at radius 1 is 1.20 bits per heavy atom. The van der Waals surface area contributed by atoms with E-state index in [1.807, 2.05) is 32.9 Å². The molecular formula is C16H27N3O. The van der Waals surface area contributed by atoms with Crippen LogP contribution >= 0.6 is 0 Å². The molecule has 4 heteroatoms. The summed E-state index contributed by atoms with van der Waals surface area (Å²) in [6, 6.07) is 3.72. The molecule has 1 amide bonds. The molecule has 0 aliphatic heterocycles. The number of pyridine rings is 1. The Bertz CT molecular complexity index is 450. The van der Waals surface area contributed by atoms with Crippen LogP contribution in [0.1, 0.15) is 63.5 Å². The largest absolute Gasteiger partial charge is 0.370 e. The Hall–Kier alpha value is -1.58. The van der Waals surface area contributed by atoms with E-state index in [-0.39, 0.29) is 11.4 Å². The van der Waals surface area contributed by atoms with Crippen LogP contribution in [0.4, 0.5) is 5.82 Å². The van der Waals surface area contributed by atoms with Crippen LogP contribution in [0.15, 0.2) is 12.1 Å². The lowest BCUT2D eigenvalue weighted by atomic mass is 10.1. The Kier molecular flexibility index (Phi) is 5.99. The average Bonchev–Trinajstić information content (AvgIpc) is 2.34. The second-order valence-electron chi connectivity index (χ2n) is 6.11. The Labute approximate surface area is 122 Å². The number of hydrogen-bond donors (Lipinski definition) is 2. The fraction of sp³-hybridized carbons (Fsp3) is 0.625. The predicted octanol–water partition coefficient (Wildman–Crippen LogP) is 3.38. The lowest BCUT2D eigenvalue weighted by molar-refractivity contribution is 0.0919. The van der Waals surface area contributed by atoms with Crippen LogP contribution in [0, 0.1) is 0 Å². The summed E-state index contributed by atoms with van der Waals surface area (Å²) in [5, 5.41) is 6.25. The highest BCUT2D eigenvalue weighted by molar-refractivity contribution is 5.95. The molecule has 0 aromatic carbocycles. The minimum Gasteiger partial charge on any atom is -0.370 e. The second kappa shape index (κ2) is 7.27. The number of aryl methyl sites for hydroxylation is 1. The van der Waals surface area contributed by atoms with E-state index >= 15 is 0 Å². The molecule has 0 spiro atoms. The van der Waals surface area contributed by atoms with Crippen molar-refractivity contribution in [3.8, 4) is 0 Å². The summed E-state index contributed by atoms with van der Waals surface area (Å²) < 4.78 is 0. The molecule has 1 aromatic rings. The monoisotopic (exact) mass is 277 g/mol. The summed E-state index contributed by atoms with van der Waals surface area (Å²) in [6.45, 7) is 11.0. The fourth-order valence-electron chi connectivity index (χ4n) is 1.86. The maximum Gasteiger partial charge on any atom is 0.251 e. The van der Waals surface area contributed by atoms with Crippen molar-refractivity contribution >= 4 is 11.7 Å². The molecule has 0 saturated carbocycles. The number of anilines is 1. The van der Waals surface area contributed by atoms with Gasteiger partial charge in [-0.1, -0.05) is 20.3 Å². The molecule has 0 aliphatic carbocycles. The first-order valence-electron chi connectivity index (χ1n) is 7.43. The van der Waals surface area contributed by atoms with Crippen LogP contribution < -0.4 is 10.6 Å². The molecule has 1 rings (SSSR count). The van der Waals surface area contributed by atoms with Gasteiger partial charge in [0.1, 0.15) is 5.82 Å². The number of carbonyl (C=O) groups is 1. The number of amides is 1. The fourth-order valence-corrected chi connectivity index (χ4v) is 1.86. The molecule has 0 radical (unpaired) electrons. The Morgan fingerprint density at radius 3 is 2.45 bits per heavy atom. The van der Waals surface area contributed by atoms with Crippen molar-refractivity contribution in [1.29, 1.82) is 0 Å². The van der Waals surface area contributed by atoms with Crippen LogP contribution in [-0.4, -0.2) is 23.0 Å². The van der Waals surface area contributed by atoms with Crippen LogP contribution in [-0.2, 0) is 6.42 Å². The van der Waals surface area contributed by atoms with E-state index in [1.165, 1.54) is 0 Å². The van der Waals surface area contributed by atoms with E-state index in [2.05, 4.69) is 29.5 Å². The van der Waals surface area contributed by atoms with E-state index in [0.717, 1.165) is 37.3 Å². The minimum absolute atomic E-state index is 0.0446. The third-order valence-electron chi connectivity index (χ3n) is 2.69. The maximum atomic E-state index is 12.3. The zero-order valence-corrected chi connectivity index (χ0v) is 13.3. The maximum absolute atomic E-state index is 12.3. The summed E-state index contributed by atoms with van der Waals surface area (Å²) >= 11 is 0. The van der Waals surface area contributed by atoms with E-state index in [1.54, 1.807) is 0 Å². The number of nitrogens with zero attached hydrogens (tertiary/aromatic N) is 1. The van der Waals surface area contributed by atoms with Gasteiger partial charge in [0.2, 0.25) is 0 Å². The van der Waals surface area contributed by atoms with Gasteiger partial charge in [0, 0.05) is 23.3 Å². The number of rotatable bonds is 6. The molecule has 112 valence electrons. The van der Waals surface area contributed by atoms with Gasteiger partial charge < -0.3 is 10.6 Å². The molecule has 1 aromatic heterocycles. The van der Waals surface area contributed by atoms with Crippen molar-refractivity contribution in [1.82, 2.24) is 10.3 Å². The van der Waals surface area contributed by atoms with Gasteiger partial charge in [0.25, 0.3) is 5.91 Å². The molecule has 4 nitrogen and oxygen atoms in total. The van der Waals surface area contributed by atoms with Crippen molar-refractivity contribution in [3.05, 3.63) is 23.4 Å². The second-order valence-corrected chi connectivity index (χ2v) is 6.11. The molecule has 0 saturated heterocycles. The molecular weight excluding hydrogens is 250 g/mol. The van der Waals surface area contributed by atoms with E-state index in [0.29, 0.717) is 5.56 Å². The van der Waals surface area contributed by atoms with Gasteiger partial charge in [-0.25, -0.2) is 4.98 Å². The third-order valence-corrected chi connectivity index (χ3v) is 2.69. The number of carbonyl (C=O) groups excluding carboxylic acids is 1. The zero-order chi connectivity index (χ0) is 15.2. The molecule has 0 bridgehead atoms. The quantitative estimate of drug-likeness (QED) is 0.838. The van der Waals surface area contributed by atoms with Gasteiger partial charge in [-0.3, -0.25) is 4.79 Å². The number of aromatic nitrogens is 1. The van der Waals surface area contributed by atoms with Gasteiger partial charge in [0.15, 0.2) is 0 Å². The molecule has 0 unspecified atom stereocenters. The van der Waals surface area contributed by atoms with Crippen molar-refractivity contribution in [3.63, 3.8) is 0 Å². The van der Waals surface area contributed by atoms with Crippen molar-refractivity contribution in [2.75, 3.05) is 11.9 Å². The molecule has 0 aliphatic rings. The number of nitrogens with one attached hydrogen (secondary N) is 2. The van der Waals surface area contributed by atoms with Crippen LogP contribution in [0.25, 0.3) is 0 Å². The molecule has 2 N–H and O–H groups in total. The number of hydrogen-bond acceptors (Lipinski definition) is 3. The zero-order valence-electron chi connectivity index (χ0n) is 13.3. The highest BCUT2D eigenvalue weighted by Crippen LogP contribution is 2.13. The first-order chi connectivity index (χ1) is 9.35. The third kappa shape index (κ3) is 5.59. The summed E-state index contributed by atoms with van der Waals surface area (Å²) in [5.41, 5.74) is 1.41.